The van der Waals surface area contributed by atoms with Gasteiger partial charge in [-0.3, -0.25) is 0 Å². The molecule has 0 aromatic rings. The second-order valence-electron chi connectivity index (χ2n) is 3.67. The predicted molar refractivity (Wildman–Crippen MR) is 45.8 cm³/mol. The van der Waals surface area contributed by atoms with E-state index in [2.05, 4.69) is 6.58 Å². The highest BCUT2D eigenvalue weighted by molar-refractivity contribution is 5.72. The summed E-state index contributed by atoms with van der Waals surface area (Å²) in [4.78, 5) is 10.7. The van der Waals surface area contributed by atoms with Crippen LogP contribution in [0.5, 0.6) is 0 Å². The molecule has 2 aliphatic heterocycles. The molecule has 2 aliphatic rings. The summed E-state index contributed by atoms with van der Waals surface area (Å²) in [6, 6.07) is 0. The van der Waals surface area contributed by atoms with Crippen molar-refractivity contribution in [1.82, 2.24) is 0 Å². The number of hydrogen-bond donors (Lipinski definition) is 2. The molecule has 4 atom stereocenters. The minimum absolute atomic E-state index is 0.202. The number of aliphatic carboxylic acids is 1. The van der Waals surface area contributed by atoms with Crippen LogP contribution < -0.4 is 0 Å². The first-order valence-corrected chi connectivity index (χ1v) is 4.42. The molecule has 1 spiro atoms. The van der Waals surface area contributed by atoms with Crippen LogP contribution in [0.2, 0.25) is 0 Å². The van der Waals surface area contributed by atoms with E-state index in [0.717, 1.165) is 0 Å². The molecule has 0 amide bonds. The van der Waals surface area contributed by atoms with Crippen molar-refractivity contribution in [2.24, 2.45) is 0 Å². The third kappa shape index (κ3) is 1.33. The van der Waals surface area contributed by atoms with E-state index in [1.54, 1.807) is 0 Å². The summed E-state index contributed by atoms with van der Waals surface area (Å²) >= 11 is 0. The van der Waals surface area contributed by atoms with E-state index in [9.17, 15) is 9.90 Å². The molecule has 0 radical (unpaired) electrons. The van der Waals surface area contributed by atoms with Crippen molar-refractivity contribution in [2.75, 3.05) is 6.61 Å². The van der Waals surface area contributed by atoms with Crippen molar-refractivity contribution in [2.45, 2.75) is 30.3 Å². The number of rotatable bonds is 2. The molecule has 0 aromatic carbocycles. The maximum atomic E-state index is 10.7. The Hall–Kier alpha value is -0.910. The van der Waals surface area contributed by atoms with E-state index in [1.807, 2.05) is 0 Å². The zero-order valence-corrected chi connectivity index (χ0v) is 7.55. The van der Waals surface area contributed by atoms with Crippen LogP contribution >= 0.6 is 0 Å². The van der Waals surface area contributed by atoms with Gasteiger partial charge in [0, 0.05) is 6.42 Å². The van der Waals surface area contributed by atoms with Gasteiger partial charge in [-0.05, 0) is 0 Å². The summed E-state index contributed by atoms with van der Waals surface area (Å²) in [6.07, 6.45) is -0.774. The Balaban J connectivity index is 2.15. The number of carboxylic acid groups (broad SMARTS) is 1. The lowest BCUT2D eigenvalue weighted by Gasteiger charge is -2.34. The Kier molecular flexibility index (Phi) is 2.10. The van der Waals surface area contributed by atoms with Gasteiger partial charge in [-0.1, -0.05) is 6.08 Å². The van der Waals surface area contributed by atoms with Gasteiger partial charge in [-0.15, -0.1) is 6.58 Å². The third-order valence-electron chi connectivity index (χ3n) is 2.73. The highest BCUT2D eigenvalue weighted by Crippen LogP contribution is 2.42. The Morgan fingerprint density at radius 2 is 2.29 bits per heavy atom. The van der Waals surface area contributed by atoms with Gasteiger partial charge in [0.25, 0.3) is 0 Å². The van der Waals surface area contributed by atoms with E-state index < -0.39 is 29.9 Å². The third-order valence-corrected chi connectivity index (χ3v) is 2.73. The average molecular weight is 200 g/mol. The van der Waals surface area contributed by atoms with Crippen LogP contribution in [0.4, 0.5) is 0 Å². The first-order chi connectivity index (χ1) is 6.59. The van der Waals surface area contributed by atoms with Gasteiger partial charge in [-0.25, -0.2) is 4.79 Å². The normalized spacial score (nSPS) is 46.2. The van der Waals surface area contributed by atoms with Crippen molar-refractivity contribution in [3.63, 3.8) is 0 Å². The van der Waals surface area contributed by atoms with E-state index in [4.69, 9.17) is 14.6 Å². The predicted octanol–water partition coefficient (Wildman–Crippen LogP) is -0.456. The van der Waals surface area contributed by atoms with E-state index in [0.29, 0.717) is 6.61 Å². The molecule has 5 heteroatoms. The fourth-order valence-corrected chi connectivity index (χ4v) is 1.76. The number of epoxide rings is 1. The average Bonchev–Trinajstić information content (AvgIpc) is 2.90. The number of aliphatic hydroxyl groups excluding tert-OH is 1. The Morgan fingerprint density at radius 1 is 1.64 bits per heavy atom. The van der Waals surface area contributed by atoms with Crippen molar-refractivity contribution >= 4 is 5.97 Å². The first-order valence-electron chi connectivity index (χ1n) is 4.42. The molecule has 5 nitrogen and oxygen atoms in total. The standard InChI is InChI=1S/C9H12O5/c1-2-5-7(10)9(4-13-9)3-6(14-5)8(11)12/h2,5-7,10H,1,3-4H2,(H,11,12)/t5-,6+,7-,9-/m1/s1. The van der Waals surface area contributed by atoms with Crippen molar-refractivity contribution in [3.05, 3.63) is 12.7 Å². The highest BCUT2D eigenvalue weighted by atomic mass is 16.6. The van der Waals surface area contributed by atoms with E-state index in [1.165, 1.54) is 6.08 Å². The highest BCUT2D eigenvalue weighted by Gasteiger charge is 2.59. The van der Waals surface area contributed by atoms with Gasteiger partial charge >= 0.3 is 5.97 Å². The van der Waals surface area contributed by atoms with E-state index in [-0.39, 0.29) is 6.42 Å². The van der Waals surface area contributed by atoms with Gasteiger partial charge in [0.1, 0.15) is 17.8 Å². The fraction of sp³-hybridized carbons (Fsp3) is 0.667. The SMILES string of the molecule is C=C[C@H]1O[C@H](C(=O)O)C[C@@]2(CO2)[C@@H]1O. The number of aliphatic hydroxyl groups is 1. The second-order valence-corrected chi connectivity index (χ2v) is 3.67. The summed E-state index contributed by atoms with van der Waals surface area (Å²) < 4.78 is 10.3. The summed E-state index contributed by atoms with van der Waals surface area (Å²) in [6.45, 7) is 3.88. The molecule has 2 fully saturated rings. The van der Waals surface area contributed by atoms with Crippen molar-refractivity contribution in [1.29, 1.82) is 0 Å². The smallest absolute Gasteiger partial charge is 0.332 e. The van der Waals surface area contributed by atoms with Gasteiger partial charge in [0.15, 0.2) is 6.10 Å². The number of ether oxygens (including phenoxy) is 2. The lowest BCUT2D eigenvalue weighted by molar-refractivity contribution is -0.174. The molecule has 0 aliphatic carbocycles. The van der Waals surface area contributed by atoms with Crippen LogP contribution in [0, 0.1) is 0 Å². The quantitative estimate of drug-likeness (QED) is 0.466. The molecule has 2 rings (SSSR count). The molecule has 0 aromatic heterocycles. The molecule has 2 N–H and O–H groups in total. The molecular formula is C9H12O5. The van der Waals surface area contributed by atoms with Crippen molar-refractivity contribution in [3.8, 4) is 0 Å². The molecule has 0 unspecified atom stereocenters. The molecule has 78 valence electrons. The number of carboxylic acids is 1. The minimum Gasteiger partial charge on any atom is -0.479 e. The summed E-state index contributed by atoms with van der Waals surface area (Å²) in [5.74, 6) is -1.03. The van der Waals surface area contributed by atoms with Crippen LogP contribution in [0.1, 0.15) is 6.42 Å². The van der Waals surface area contributed by atoms with Gasteiger partial charge < -0.3 is 19.7 Å². The summed E-state index contributed by atoms with van der Waals surface area (Å²) in [5, 5.41) is 18.5. The molecule has 0 saturated carbocycles. The molecule has 14 heavy (non-hydrogen) atoms. The Labute approximate surface area is 80.9 Å². The Morgan fingerprint density at radius 3 is 2.71 bits per heavy atom. The molecule has 0 bridgehead atoms. The molecule has 2 saturated heterocycles. The fourth-order valence-electron chi connectivity index (χ4n) is 1.76. The number of hydrogen-bond acceptors (Lipinski definition) is 4. The Bertz CT molecular complexity index is 270. The lowest BCUT2D eigenvalue weighted by atomic mass is 9.89. The maximum absolute atomic E-state index is 10.7. The van der Waals surface area contributed by atoms with Crippen LogP contribution in [0.25, 0.3) is 0 Å². The summed E-state index contributed by atoms with van der Waals surface area (Å²) in [7, 11) is 0. The maximum Gasteiger partial charge on any atom is 0.332 e. The van der Waals surface area contributed by atoms with Crippen LogP contribution in [0.15, 0.2) is 12.7 Å². The first kappa shape index (κ1) is 9.64. The number of carbonyl (C=O) groups is 1. The largest absolute Gasteiger partial charge is 0.479 e. The molecule has 2 heterocycles. The van der Waals surface area contributed by atoms with E-state index >= 15 is 0 Å². The minimum atomic E-state index is -1.03. The summed E-state index contributed by atoms with van der Waals surface area (Å²) in [5.41, 5.74) is -0.708. The monoisotopic (exact) mass is 200 g/mol. The van der Waals surface area contributed by atoms with Crippen LogP contribution in [0.3, 0.4) is 0 Å². The molecular weight excluding hydrogens is 188 g/mol. The van der Waals surface area contributed by atoms with Crippen LogP contribution in [-0.4, -0.2) is 46.7 Å². The zero-order valence-electron chi connectivity index (χ0n) is 7.55. The lowest BCUT2D eigenvalue weighted by Crippen LogP contribution is -2.51. The van der Waals surface area contributed by atoms with Gasteiger partial charge in [-0.2, -0.15) is 0 Å². The van der Waals surface area contributed by atoms with Gasteiger partial charge in [0.2, 0.25) is 0 Å². The zero-order chi connectivity index (χ0) is 10.3. The van der Waals surface area contributed by atoms with Gasteiger partial charge in [0.05, 0.1) is 6.61 Å². The second kappa shape index (κ2) is 3.05. The topological polar surface area (TPSA) is 79.3 Å². The van der Waals surface area contributed by atoms with Crippen LogP contribution in [-0.2, 0) is 14.3 Å². The van der Waals surface area contributed by atoms with Crippen molar-refractivity contribution < 1.29 is 24.5 Å².